The standard InChI is InChI=1S/C22H23Cl3N2O4/c1-13(2)31-22-17(25)10-14(11-18(22)30-4)8-9-20(29)27(3)12-19(28)26-21-15(23)6-5-7-16(21)24/h5-11,13H,12H2,1-4H3,(H,26,28)/b9-8+. The van der Waals surface area contributed by atoms with Gasteiger partial charge in [0, 0.05) is 13.1 Å². The Balaban J connectivity index is 2.05. The number of ether oxygens (including phenoxy) is 2. The molecule has 2 amide bonds. The van der Waals surface area contributed by atoms with Crippen LogP contribution in [0.15, 0.2) is 36.4 Å². The third-order valence-electron chi connectivity index (χ3n) is 4.01. The van der Waals surface area contributed by atoms with Gasteiger partial charge in [0.25, 0.3) is 0 Å². The summed E-state index contributed by atoms with van der Waals surface area (Å²) in [5, 5.41) is 3.60. The van der Waals surface area contributed by atoms with E-state index in [-0.39, 0.29) is 18.6 Å². The van der Waals surface area contributed by atoms with Crippen LogP contribution in [0.1, 0.15) is 19.4 Å². The molecule has 0 unspecified atom stereocenters. The molecule has 0 bridgehead atoms. The van der Waals surface area contributed by atoms with Gasteiger partial charge in [0.15, 0.2) is 11.5 Å². The molecule has 2 rings (SSSR count). The molecule has 0 saturated heterocycles. The second-order valence-electron chi connectivity index (χ2n) is 6.87. The van der Waals surface area contributed by atoms with Gasteiger partial charge in [0.2, 0.25) is 11.8 Å². The van der Waals surface area contributed by atoms with Crippen LogP contribution < -0.4 is 14.8 Å². The first-order chi connectivity index (χ1) is 14.6. The van der Waals surface area contributed by atoms with E-state index in [9.17, 15) is 9.59 Å². The molecule has 0 fully saturated rings. The number of carbonyl (C=O) groups excluding carboxylic acids is 2. The fourth-order valence-corrected chi connectivity index (χ4v) is 3.33. The van der Waals surface area contributed by atoms with Crippen molar-refractivity contribution in [2.24, 2.45) is 0 Å². The summed E-state index contributed by atoms with van der Waals surface area (Å²) in [5.41, 5.74) is 0.949. The van der Waals surface area contributed by atoms with Crippen molar-refractivity contribution < 1.29 is 19.1 Å². The zero-order valence-corrected chi connectivity index (χ0v) is 19.8. The number of likely N-dealkylation sites (N-methyl/N-ethyl adjacent to an activating group) is 1. The summed E-state index contributed by atoms with van der Waals surface area (Å²) >= 11 is 18.4. The molecule has 2 aromatic rings. The first kappa shape index (κ1) is 24.9. The number of hydrogen-bond acceptors (Lipinski definition) is 4. The SMILES string of the molecule is COc1cc(/C=C/C(=O)N(C)CC(=O)Nc2c(Cl)cccc2Cl)cc(Cl)c1OC(C)C. The molecule has 2 aromatic carbocycles. The molecule has 0 saturated carbocycles. The Hall–Kier alpha value is -2.41. The number of hydrogen-bond donors (Lipinski definition) is 1. The molecule has 166 valence electrons. The molecule has 0 atom stereocenters. The second kappa shape index (κ2) is 11.3. The third kappa shape index (κ3) is 7.06. The maximum Gasteiger partial charge on any atom is 0.246 e. The molecular formula is C22H23Cl3N2O4. The van der Waals surface area contributed by atoms with Crippen LogP contribution in [0, 0.1) is 0 Å². The Morgan fingerprint density at radius 3 is 2.35 bits per heavy atom. The lowest BCUT2D eigenvalue weighted by molar-refractivity contribution is -0.129. The zero-order chi connectivity index (χ0) is 23.1. The summed E-state index contributed by atoms with van der Waals surface area (Å²) in [4.78, 5) is 25.9. The number of benzene rings is 2. The first-order valence-corrected chi connectivity index (χ1v) is 10.5. The average molecular weight is 486 g/mol. The van der Waals surface area contributed by atoms with Crippen LogP contribution in [0.4, 0.5) is 5.69 Å². The van der Waals surface area contributed by atoms with E-state index in [1.54, 1.807) is 36.4 Å². The number of para-hydroxylation sites is 1. The van der Waals surface area contributed by atoms with E-state index in [0.29, 0.717) is 37.8 Å². The van der Waals surface area contributed by atoms with E-state index < -0.39 is 5.91 Å². The Kier molecular flexibility index (Phi) is 9.04. The van der Waals surface area contributed by atoms with E-state index in [1.807, 2.05) is 13.8 Å². The van der Waals surface area contributed by atoms with E-state index in [0.717, 1.165) is 0 Å². The Morgan fingerprint density at radius 1 is 1.13 bits per heavy atom. The highest BCUT2D eigenvalue weighted by Crippen LogP contribution is 2.37. The fraction of sp³-hybridized carbons (Fsp3) is 0.273. The van der Waals surface area contributed by atoms with E-state index in [4.69, 9.17) is 44.3 Å². The second-order valence-corrected chi connectivity index (χ2v) is 8.09. The fourth-order valence-electron chi connectivity index (χ4n) is 2.57. The summed E-state index contributed by atoms with van der Waals surface area (Å²) in [6.07, 6.45) is 2.84. The quantitative estimate of drug-likeness (QED) is 0.498. The lowest BCUT2D eigenvalue weighted by Crippen LogP contribution is -2.34. The number of methoxy groups -OCH3 is 1. The summed E-state index contributed by atoms with van der Waals surface area (Å²) in [5.74, 6) is 0.0875. The molecule has 0 aromatic heterocycles. The molecule has 0 aliphatic carbocycles. The molecular weight excluding hydrogens is 463 g/mol. The van der Waals surface area contributed by atoms with Crippen molar-refractivity contribution in [1.82, 2.24) is 4.90 Å². The van der Waals surface area contributed by atoms with Gasteiger partial charge in [0.05, 0.1) is 40.5 Å². The van der Waals surface area contributed by atoms with Gasteiger partial charge < -0.3 is 19.7 Å². The predicted molar refractivity (Wildman–Crippen MR) is 126 cm³/mol. The minimum absolute atomic E-state index is 0.0742. The van der Waals surface area contributed by atoms with Crippen molar-refractivity contribution in [3.63, 3.8) is 0 Å². The number of nitrogens with one attached hydrogen (secondary N) is 1. The van der Waals surface area contributed by atoms with Crippen molar-refractivity contribution in [2.45, 2.75) is 20.0 Å². The van der Waals surface area contributed by atoms with Crippen LogP contribution in [-0.4, -0.2) is 43.5 Å². The van der Waals surface area contributed by atoms with Crippen molar-refractivity contribution in [2.75, 3.05) is 26.0 Å². The van der Waals surface area contributed by atoms with Crippen LogP contribution >= 0.6 is 34.8 Å². The summed E-state index contributed by atoms with van der Waals surface area (Å²) < 4.78 is 11.0. The van der Waals surface area contributed by atoms with Crippen molar-refractivity contribution in [1.29, 1.82) is 0 Å². The maximum atomic E-state index is 12.4. The Bertz CT molecular complexity index is 973. The minimum atomic E-state index is -0.431. The van der Waals surface area contributed by atoms with Gasteiger partial charge in [-0.2, -0.15) is 0 Å². The lowest BCUT2D eigenvalue weighted by Gasteiger charge is -2.16. The average Bonchev–Trinajstić information content (AvgIpc) is 2.70. The number of anilines is 1. The topological polar surface area (TPSA) is 67.9 Å². The summed E-state index contributed by atoms with van der Waals surface area (Å²) in [6, 6.07) is 8.26. The highest BCUT2D eigenvalue weighted by atomic mass is 35.5. The van der Waals surface area contributed by atoms with Crippen LogP contribution in [0.5, 0.6) is 11.5 Å². The molecule has 0 radical (unpaired) electrons. The molecule has 6 nitrogen and oxygen atoms in total. The third-order valence-corrected chi connectivity index (χ3v) is 4.92. The number of rotatable bonds is 8. The number of amides is 2. The van der Waals surface area contributed by atoms with Gasteiger partial charge in [-0.05, 0) is 49.8 Å². The van der Waals surface area contributed by atoms with Gasteiger partial charge in [-0.1, -0.05) is 40.9 Å². The summed E-state index contributed by atoms with van der Waals surface area (Å²) in [6.45, 7) is 3.58. The molecule has 0 heterocycles. The molecule has 0 aliphatic rings. The number of nitrogens with zero attached hydrogens (tertiary/aromatic N) is 1. The van der Waals surface area contributed by atoms with Crippen molar-refractivity contribution in [3.8, 4) is 11.5 Å². The summed E-state index contributed by atoms with van der Waals surface area (Å²) in [7, 11) is 3.02. The normalized spacial score (nSPS) is 11.0. The smallest absolute Gasteiger partial charge is 0.246 e. The van der Waals surface area contributed by atoms with Crippen molar-refractivity contribution >= 4 is 58.4 Å². The first-order valence-electron chi connectivity index (χ1n) is 9.33. The van der Waals surface area contributed by atoms with Gasteiger partial charge in [-0.25, -0.2) is 0 Å². The monoisotopic (exact) mass is 484 g/mol. The van der Waals surface area contributed by atoms with Crippen LogP contribution in [0.3, 0.4) is 0 Å². The molecule has 31 heavy (non-hydrogen) atoms. The number of halogens is 3. The van der Waals surface area contributed by atoms with Crippen molar-refractivity contribution in [3.05, 3.63) is 57.0 Å². The maximum absolute atomic E-state index is 12.4. The molecule has 1 N–H and O–H groups in total. The molecule has 0 aliphatic heterocycles. The van der Waals surface area contributed by atoms with E-state index in [2.05, 4.69) is 5.32 Å². The van der Waals surface area contributed by atoms with E-state index >= 15 is 0 Å². The lowest BCUT2D eigenvalue weighted by atomic mass is 10.1. The predicted octanol–water partition coefficient (Wildman–Crippen LogP) is 5.55. The van der Waals surface area contributed by atoms with Gasteiger partial charge in [0.1, 0.15) is 0 Å². The van der Waals surface area contributed by atoms with E-state index in [1.165, 1.54) is 25.1 Å². The Morgan fingerprint density at radius 2 is 1.77 bits per heavy atom. The Labute approximate surface area is 196 Å². The van der Waals surface area contributed by atoms with Gasteiger partial charge >= 0.3 is 0 Å². The van der Waals surface area contributed by atoms with Crippen LogP contribution in [0.2, 0.25) is 15.1 Å². The van der Waals surface area contributed by atoms with Gasteiger partial charge in [-0.3, -0.25) is 9.59 Å². The molecule has 0 spiro atoms. The minimum Gasteiger partial charge on any atom is -0.493 e. The molecule has 9 heteroatoms. The van der Waals surface area contributed by atoms with Gasteiger partial charge in [-0.15, -0.1) is 0 Å². The highest BCUT2D eigenvalue weighted by Gasteiger charge is 2.15. The van der Waals surface area contributed by atoms with Crippen LogP contribution in [-0.2, 0) is 9.59 Å². The van der Waals surface area contributed by atoms with Crippen LogP contribution in [0.25, 0.3) is 6.08 Å². The highest BCUT2D eigenvalue weighted by molar-refractivity contribution is 6.39. The largest absolute Gasteiger partial charge is 0.493 e. The zero-order valence-electron chi connectivity index (χ0n) is 17.5. The number of carbonyl (C=O) groups is 2.